The number of hydrogen-bond acceptors (Lipinski definition) is 4. The Labute approximate surface area is 141 Å². The zero-order chi connectivity index (χ0) is 17.2. The highest BCUT2D eigenvalue weighted by Crippen LogP contribution is 2.29. The molecule has 0 radical (unpaired) electrons. The van der Waals surface area contributed by atoms with Crippen molar-refractivity contribution in [2.45, 2.75) is 0 Å². The molecule has 2 aromatic rings. The minimum atomic E-state index is 0.0384. The van der Waals surface area contributed by atoms with Gasteiger partial charge in [-0.05, 0) is 35.4 Å². The van der Waals surface area contributed by atoms with E-state index in [4.69, 9.17) is 20.0 Å². The van der Waals surface area contributed by atoms with Crippen molar-refractivity contribution in [1.82, 2.24) is 0 Å². The highest BCUT2D eigenvalue weighted by atomic mass is 16.5. The predicted octanol–water partition coefficient (Wildman–Crippen LogP) is 4.22. The molecular formula is C20H16N2O2. The second-order valence-corrected chi connectivity index (χ2v) is 4.82. The van der Waals surface area contributed by atoms with E-state index in [0.29, 0.717) is 23.7 Å². The molecule has 2 rings (SSSR count). The highest BCUT2D eigenvalue weighted by Gasteiger charge is 2.05. The van der Waals surface area contributed by atoms with Crippen molar-refractivity contribution >= 4 is 12.2 Å². The van der Waals surface area contributed by atoms with E-state index < -0.39 is 0 Å². The predicted molar refractivity (Wildman–Crippen MR) is 93.2 cm³/mol. The highest BCUT2D eigenvalue weighted by molar-refractivity contribution is 5.64. The van der Waals surface area contributed by atoms with Gasteiger partial charge in [-0.15, -0.1) is 0 Å². The first-order chi connectivity index (χ1) is 11.8. The summed E-state index contributed by atoms with van der Waals surface area (Å²) < 4.78 is 11.0. The molecule has 0 aliphatic heterocycles. The van der Waals surface area contributed by atoms with E-state index in [-0.39, 0.29) is 5.57 Å². The standard InChI is InChI=1S/C20H16N2O2/c1-23-20-13-17(12-18(14-21)15-22)9-10-19(20)24-11-5-8-16-6-3-2-4-7-16/h2-10,12-13H,11H2,1H3. The lowest BCUT2D eigenvalue weighted by Gasteiger charge is -2.10. The first-order valence-corrected chi connectivity index (χ1v) is 7.31. The van der Waals surface area contributed by atoms with Crippen molar-refractivity contribution in [1.29, 1.82) is 10.5 Å². The second-order valence-electron chi connectivity index (χ2n) is 4.82. The molecule has 0 saturated heterocycles. The van der Waals surface area contributed by atoms with E-state index in [2.05, 4.69) is 0 Å². The lowest BCUT2D eigenvalue weighted by Crippen LogP contribution is -1.96. The Morgan fingerprint density at radius 1 is 1.00 bits per heavy atom. The van der Waals surface area contributed by atoms with Crippen LogP contribution in [0.1, 0.15) is 11.1 Å². The fourth-order valence-electron chi connectivity index (χ4n) is 2.04. The molecule has 24 heavy (non-hydrogen) atoms. The van der Waals surface area contributed by atoms with Crippen molar-refractivity contribution < 1.29 is 9.47 Å². The normalized spacial score (nSPS) is 9.79. The Bertz CT molecular complexity index is 809. The fourth-order valence-corrected chi connectivity index (χ4v) is 2.04. The van der Waals surface area contributed by atoms with Crippen LogP contribution < -0.4 is 9.47 Å². The van der Waals surface area contributed by atoms with Gasteiger partial charge >= 0.3 is 0 Å². The number of methoxy groups -OCH3 is 1. The number of benzene rings is 2. The van der Waals surface area contributed by atoms with Gasteiger partial charge in [-0.2, -0.15) is 10.5 Å². The van der Waals surface area contributed by atoms with Crippen LogP contribution in [0.2, 0.25) is 0 Å². The van der Waals surface area contributed by atoms with Crippen LogP contribution in [0, 0.1) is 22.7 Å². The Balaban J connectivity index is 2.06. The molecule has 0 spiro atoms. The van der Waals surface area contributed by atoms with E-state index in [1.165, 1.54) is 6.08 Å². The van der Waals surface area contributed by atoms with Gasteiger partial charge in [-0.25, -0.2) is 0 Å². The second kappa shape index (κ2) is 8.82. The van der Waals surface area contributed by atoms with E-state index in [1.54, 1.807) is 25.3 Å². The molecule has 2 aromatic carbocycles. The molecule has 0 aliphatic carbocycles. The molecule has 118 valence electrons. The van der Waals surface area contributed by atoms with E-state index in [0.717, 1.165) is 5.56 Å². The molecule has 0 aliphatic rings. The minimum absolute atomic E-state index is 0.0384. The number of hydrogen-bond donors (Lipinski definition) is 0. The first kappa shape index (κ1) is 16.9. The maximum atomic E-state index is 8.80. The third kappa shape index (κ3) is 4.76. The molecule has 0 bridgehead atoms. The largest absolute Gasteiger partial charge is 0.493 e. The van der Waals surface area contributed by atoms with Crippen molar-refractivity contribution in [2.24, 2.45) is 0 Å². The van der Waals surface area contributed by atoms with E-state index >= 15 is 0 Å². The average molecular weight is 316 g/mol. The van der Waals surface area contributed by atoms with Gasteiger partial charge in [0.1, 0.15) is 24.3 Å². The van der Waals surface area contributed by atoms with Gasteiger partial charge < -0.3 is 9.47 Å². The van der Waals surface area contributed by atoms with Crippen LogP contribution >= 0.6 is 0 Å². The molecule has 0 fully saturated rings. The van der Waals surface area contributed by atoms with Crippen molar-refractivity contribution in [3.8, 4) is 23.6 Å². The summed E-state index contributed by atoms with van der Waals surface area (Å²) >= 11 is 0. The van der Waals surface area contributed by atoms with Crippen LogP contribution in [0.3, 0.4) is 0 Å². The molecule has 0 saturated carbocycles. The average Bonchev–Trinajstić information content (AvgIpc) is 2.64. The summed E-state index contributed by atoms with van der Waals surface area (Å²) in [5.41, 5.74) is 1.85. The van der Waals surface area contributed by atoms with Crippen LogP contribution in [0.25, 0.3) is 12.2 Å². The topological polar surface area (TPSA) is 66.0 Å². The van der Waals surface area contributed by atoms with E-state index in [1.807, 2.05) is 54.6 Å². The van der Waals surface area contributed by atoms with Crippen LogP contribution in [0.4, 0.5) is 0 Å². The Morgan fingerprint density at radius 2 is 1.75 bits per heavy atom. The SMILES string of the molecule is COc1cc(C=C(C#N)C#N)ccc1OCC=Cc1ccccc1. The van der Waals surface area contributed by atoms with Gasteiger partial charge in [0.25, 0.3) is 0 Å². The van der Waals surface area contributed by atoms with Crippen molar-refractivity contribution in [3.63, 3.8) is 0 Å². The number of rotatable bonds is 6. The third-order valence-corrected chi connectivity index (χ3v) is 3.18. The van der Waals surface area contributed by atoms with Gasteiger partial charge in [0.15, 0.2) is 11.5 Å². The van der Waals surface area contributed by atoms with Crippen molar-refractivity contribution in [3.05, 3.63) is 71.3 Å². The monoisotopic (exact) mass is 316 g/mol. The fraction of sp³-hybridized carbons (Fsp3) is 0.100. The Morgan fingerprint density at radius 3 is 2.42 bits per heavy atom. The smallest absolute Gasteiger partial charge is 0.161 e. The number of ether oxygens (including phenoxy) is 2. The first-order valence-electron chi connectivity index (χ1n) is 7.31. The Kier molecular flexibility index (Phi) is 6.20. The molecule has 4 nitrogen and oxygen atoms in total. The lowest BCUT2D eigenvalue weighted by molar-refractivity contribution is 0.326. The third-order valence-electron chi connectivity index (χ3n) is 3.18. The lowest BCUT2D eigenvalue weighted by atomic mass is 10.1. The van der Waals surface area contributed by atoms with Crippen LogP contribution in [-0.2, 0) is 0 Å². The quantitative estimate of drug-likeness (QED) is 0.748. The van der Waals surface area contributed by atoms with Gasteiger partial charge in [-0.1, -0.05) is 42.5 Å². The molecular weight excluding hydrogens is 300 g/mol. The minimum Gasteiger partial charge on any atom is -0.493 e. The van der Waals surface area contributed by atoms with Gasteiger partial charge in [0, 0.05) is 0 Å². The van der Waals surface area contributed by atoms with E-state index in [9.17, 15) is 0 Å². The molecule has 0 N–H and O–H groups in total. The van der Waals surface area contributed by atoms with Crippen LogP contribution in [-0.4, -0.2) is 13.7 Å². The van der Waals surface area contributed by atoms with Gasteiger partial charge in [0.05, 0.1) is 7.11 Å². The summed E-state index contributed by atoms with van der Waals surface area (Å²) in [6, 6.07) is 18.9. The maximum absolute atomic E-state index is 8.80. The van der Waals surface area contributed by atoms with Gasteiger partial charge in [-0.3, -0.25) is 0 Å². The van der Waals surface area contributed by atoms with Gasteiger partial charge in [0.2, 0.25) is 0 Å². The van der Waals surface area contributed by atoms with Crippen molar-refractivity contribution in [2.75, 3.05) is 13.7 Å². The number of nitriles is 2. The number of allylic oxidation sites excluding steroid dienone is 1. The molecule has 4 heteroatoms. The Hall–Kier alpha value is -3.50. The zero-order valence-electron chi connectivity index (χ0n) is 13.3. The van der Waals surface area contributed by atoms with Crippen LogP contribution in [0.5, 0.6) is 11.5 Å². The summed E-state index contributed by atoms with van der Waals surface area (Å²) in [6.07, 6.45) is 5.41. The number of nitrogens with zero attached hydrogens (tertiary/aromatic N) is 2. The summed E-state index contributed by atoms with van der Waals surface area (Å²) in [5, 5.41) is 17.6. The molecule has 0 amide bonds. The molecule has 0 heterocycles. The molecule has 0 atom stereocenters. The molecule has 0 aromatic heterocycles. The molecule has 0 unspecified atom stereocenters. The summed E-state index contributed by atoms with van der Waals surface area (Å²) in [5.74, 6) is 1.15. The van der Waals surface area contributed by atoms with Crippen LogP contribution in [0.15, 0.2) is 60.2 Å². The zero-order valence-corrected chi connectivity index (χ0v) is 13.3. The summed E-state index contributed by atoms with van der Waals surface area (Å²) in [7, 11) is 1.55. The summed E-state index contributed by atoms with van der Waals surface area (Å²) in [6.45, 7) is 0.405. The summed E-state index contributed by atoms with van der Waals surface area (Å²) in [4.78, 5) is 0. The maximum Gasteiger partial charge on any atom is 0.161 e.